The molecule has 0 heterocycles. The third kappa shape index (κ3) is 7.08. The number of amides is 1. The van der Waals surface area contributed by atoms with E-state index in [0.29, 0.717) is 26.1 Å². The highest BCUT2D eigenvalue weighted by atomic mass is 16.5. The van der Waals surface area contributed by atoms with Gasteiger partial charge in [-0.2, -0.15) is 0 Å². The Labute approximate surface area is 125 Å². The number of carbonyl (C=O) groups is 3. The molecule has 7 heteroatoms. The molecular weight excluding hydrogens is 276 g/mol. The van der Waals surface area contributed by atoms with E-state index in [1.165, 1.54) is 0 Å². The zero-order valence-corrected chi connectivity index (χ0v) is 13.3. The van der Waals surface area contributed by atoms with E-state index in [4.69, 9.17) is 9.84 Å². The maximum atomic E-state index is 11.8. The molecule has 21 heavy (non-hydrogen) atoms. The third-order valence-electron chi connectivity index (χ3n) is 3.22. The van der Waals surface area contributed by atoms with Gasteiger partial charge in [-0.1, -0.05) is 6.92 Å². The number of nitrogens with zero attached hydrogens (tertiary/aromatic N) is 1. The first kappa shape index (κ1) is 19.4. The zero-order chi connectivity index (χ0) is 16.5. The van der Waals surface area contributed by atoms with Gasteiger partial charge in [0.05, 0.1) is 13.2 Å². The van der Waals surface area contributed by atoms with Crippen molar-refractivity contribution in [1.82, 2.24) is 10.2 Å². The average Bonchev–Trinajstić information content (AvgIpc) is 2.40. The van der Waals surface area contributed by atoms with Crippen LogP contribution in [-0.2, 0) is 19.1 Å². The molecule has 0 fully saturated rings. The van der Waals surface area contributed by atoms with Gasteiger partial charge in [-0.05, 0) is 33.7 Å². The van der Waals surface area contributed by atoms with Crippen molar-refractivity contribution in [2.24, 2.45) is 0 Å². The summed E-state index contributed by atoms with van der Waals surface area (Å²) in [5.74, 6) is -1.51. The Morgan fingerprint density at radius 2 is 1.86 bits per heavy atom. The highest BCUT2D eigenvalue weighted by Gasteiger charge is 2.34. The number of aliphatic carboxylic acids is 1. The van der Waals surface area contributed by atoms with Crippen molar-refractivity contribution in [3.63, 3.8) is 0 Å². The fourth-order valence-electron chi connectivity index (χ4n) is 1.76. The molecule has 0 radical (unpaired) electrons. The monoisotopic (exact) mass is 302 g/mol. The standard InChI is InChI=1S/C14H26N2O5/c1-5-16(14(3,4)13(19)20)10-11(17)15-9-7-8-12(18)21-6-2/h5-10H2,1-4H3,(H,15,17)(H,19,20). The Morgan fingerprint density at radius 1 is 1.24 bits per heavy atom. The molecule has 7 nitrogen and oxygen atoms in total. The van der Waals surface area contributed by atoms with Crippen LogP contribution in [0.4, 0.5) is 0 Å². The lowest BCUT2D eigenvalue weighted by atomic mass is 10.0. The number of likely N-dealkylation sites (N-methyl/N-ethyl adjacent to an activating group) is 1. The maximum absolute atomic E-state index is 11.8. The molecule has 0 bridgehead atoms. The average molecular weight is 302 g/mol. The predicted molar refractivity (Wildman–Crippen MR) is 77.8 cm³/mol. The number of carboxylic acid groups (broad SMARTS) is 1. The van der Waals surface area contributed by atoms with Crippen molar-refractivity contribution < 1.29 is 24.2 Å². The van der Waals surface area contributed by atoms with Crippen LogP contribution in [-0.4, -0.2) is 59.6 Å². The molecule has 0 aliphatic carbocycles. The van der Waals surface area contributed by atoms with Gasteiger partial charge in [-0.3, -0.25) is 19.3 Å². The van der Waals surface area contributed by atoms with Crippen LogP contribution in [0, 0.1) is 0 Å². The number of rotatable bonds is 10. The van der Waals surface area contributed by atoms with E-state index in [1.807, 2.05) is 0 Å². The van der Waals surface area contributed by atoms with Crippen molar-refractivity contribution in [3.8, 4) is 0 Å². The van der Waals surface area contributed by atoms with E-state index in [-0.39, 0.29) is 24.8 Å². The molecule has 2 N–H and O–H groups in total. The molecule has 0 aromatic heterocycles. The van der Waals surface area contributed by atoms with Crippen LogP contribution in [0.25, 0.3) is 0 Å². The van der Waals surface area contributed by atoms with Crippen LogP contribution in [0.2, 0.25) is 0 Å². The fraction of sp³-hybridized carbons (Fsp3) is 0.786. The first-order valence-electron chi connectivity index (χ1n) is 7.16. The molecule has 0 rings (SSSR count). The number of esters is 1. The van der Waals surface area contributed by atoms with Gasteiger partial charge in [0, 0.05) is 13.0 Å². The van der Waals surface area contributed by atoms with Gasteiger partial charge in [-0.25, -0.2) is 0 Å². The molecule has 0 aromatic carbocycles. The maximum Gasteiger partial charge on any atom is 0.323 e. The summed E-state index contributed by atoms with van der Waals surface area (Å²) in [6, 6.07) is 0. The predicted octanol–water partition coefficient (Wildman–Crippen LogP) is 0.631. The van der Waals surface area contributed by atoms with E-state index < -0.39 is 11.5 Å². The molecule has 122 valence electrons. The number of hydrogen-bond acceptors (Lipinski definition) is 5. The molecule has 0 aliphatic rings. The molecule has 0 aliphatic heterocycles. The lowest BCUT2D eigenvalue weighted by molar-refractivity contribution is -0.150. The van der Waals surface area contributed by atoms with Gasteiger partial charge < -0.3 is 15.2 Å². The fourth-order valence-corrected chi connectivity index (χ4v) is 1.76. The first-order valence-corrected chi connectivity index (χ1v) is 7.16. The highest BCUT2D eigenvalue weighted by Crippen LogP contribution is 2.13. The summed E-state index contributed by atoms with van der Waals surface area (Å²) in [6.07, 6.45) is 0.755. The minimum absolute atomic E-state index is 0.00913. The largest absolute Gasteiger partial charge is 0.480 e. The first-order chi connectivity index (χ1) is 9.75. The zero-order valence-electron chi connectivity index (χ0n) is 13.3. The van der Waals surface area contributed by atoms with Crippen LogP contribution in [0.3, 0.4) is 0 Å². The Balaban J connectivity index is 4.13. The molecule has 0 saturated heterocycles. The topological polar surface area (TPSA) is 95.9 Å². The van der Waals surface area contributed by atoms with Crippen molar-refractivity contribution in [2.45, 2.75) is 46.1 Å². The summed E-state index contributed by atoms with van der Waals surface area (Å²) in [7, 11) is 0. The summed E-state index contributed by atoms with van der Waals surface area (Å²) < 4.78 is 4.78. The molecule has 0 aromatic rings. The Kier molecular flexibility index (Phi) is 8.61. The minimum Gasteiger partial charge on any atom is -0.480 e. The molecule has 0 saturated carbocycles. The Hall–Kier alpha value is -1.63. The number of ether oxygens (including phenoxy) is 1. The van der Waals surface area contributed by atoms with Crippen molar-refractivity contribution in [1.29, 1.82) is 0 Å². The Morgan fingerprint density at radius 3 is 2.33 bits per heavy atom. The smallest absolute Gasteiger partial charge is 0.323 e. The van der Waals surface area contributed by atoms with Crippen molar-refractivity contribution >= 4 is 17.8 Å². The summed E-state index contributed by atoms with van der Waals surface area (Å²) >= 11 is 0. The lowest BCUT2D eigenvalue weighted by Gasteiger charge is -2.33. The molecule has 0 spiro atoms. The van der Waals surface area contributed by atoms with Gasteiger partial charge in [0.25, 0.3) is 0 Å². The SMILES string of the molecule is CCOC(=O)CCCNC(=O)CN(CC)C(C)(C)C(=O)O. The van der Waals surface area contributed by atoms with E-state index in [2.05, 4.69) is 5.32 Å². The second-order valence-electron chi connectivity index (χ2n) is 5.14. The second-order valence-corrected chi connectivity index (χ2v) is 5.14. The summed E-state index contributed by atoms with van der Waals surface area (Å²) in [5.41, 5.74) is -1.10. The van der Waals surface area contributed by atoms with E-state index >= 15 is 0 Å². The highest BCUT2D eigenvalue weighted by molar-refractivity contribution is 5.81. The molecule has 0 unspecified atom stereocenters. The molecule has 0 atom stereocenters. The van der Waals surface area contributed by atoms with Crippen LogP contribution in [0.15, 0.2) is 0 Å². The minimum atomic E-state index is -1.10. The van der Waals surface area contributed by atoms with Crippen LogP contribution < -0.4 is 5.32 Å². The van der Waals surface area contributed by atoms with Gasteiger partial charge in [-0.15, -0.1) is 0 Å². The van der Waals surface area contributed by atoms with Crippen LogP contribution in [0.5, 0.6) is 0 Å². The second kappa shape index (κ2) is 9.33. The quantitative estimate of drug-likeness (QED) is 0.454. The van der Waals surface area contributed by atoms with Crippen LogP contribution in [0.1, 0.15) is 40.5 Å². The summed E-state index contributed by atoms with van der Waals surface area (Å²) in [6.45, 7) is 7.84. The number of nitrogens with one attached hydrogen (secondary N) is 1. The van der Waals surface area contributed by atoms with E-state index in [1.54, 1.807) is 32.6 Å². The molecule has 1 amide bonds. The van der Waals surface area contributed by atoms with Crippen molar-refractivity contribution in [2.75, 3.05) is 26.2 Å². The third-order valence-corrected chi connectivity index (χ3v) is 3.22. The van der Waals surface area contributed by atoms with Gasteiger partial charge in [0.1, 0.15) is 5.54 Å². The van der Waals surface area contributed by atoms with E-state index in [0.717, 1.165) is 0 Å². The van der Waals surface area contributed by atoms with Gasteiger partial charge >= 0.3 is 11.9 Å². The lowest BCUT2D eigenvalue weighted by Crippen LogP contribution is -2.53. The number of carboxylic acids is 1. The molecular formula is C14H26N2O5. The Bertz CT molecular complexity index is 368. The normalized spacial score (nSPS) is 11.3. The van der Waals surface area contributed by atoms with Gasteiger partial charge in [0.15, 0.2) is 0 Å². The van der Waals surface area contributed by atoms with Crippen LogP contribution >= 0.6 is 0 Å². The van der Waals surface area contributed by atoms with E-state index in [9.17, 15) is 14.4 Å². The summed E-state index contributed by atoms with van der Waals surface area (Å²) in [4.78, 5) is 35.7. The van der Waals surface area contributed by atoms with Gasteiger partial charge in [0.2, 0.25) is 5.91 Å². The number of hydrogen-bond donors (Lipinski definition) is 2. The number of carbonyl (C=O) groups excluding carboxylic acids is 2. The summed E-state index contributed by atoms with van der Waals surface area (Å²) in [5, 5.41) is 11.8. The van der Waals surface area contributed by atoms with Crippen molar-refractivity contribution in [3.05, 3.63) is 0 Å².